The molecule has 1 aromatic carbocycles. The van der Waals surface area contributed by atoms with Gasteiger partial charge >= 0.3 is 0 Å². The van der Waals surface area contributed by atoms with Gasteiger partial charge in [0.1, 0.15) is 17.1 Å². The largest absolute Gasteiger partial charge is 0.397 e. The van der Waals surface area contributed by atoms with E-state index in [-0.39, 0.29) is 11.9 Å². The van der Waals surface area contributed by atoms with Crippen LogP contribution in [0.2, 0.25) is 0 Å². The SMILES string of the molecule is Nc1cc(F)cc2cc(C3=NC(CC=O)CS3)[nH]c12. The molecule has 1 aliphatic heterocycles. The molecule has 0 amide bonds. The van der Waals surface area contributed by atoms with Gasteiger partial charge in [0.05, 0.1) is 22.9 Å². The van der Waals surface area contributed by atoms with E-state index in [0.29, 0.717) is 12.1 Å². The fraction of sp³-hybridized carbons (Fsp3) is 0.231. The van der Waals surface area contributed by atoms with Crippen molar-refractivity contribution in [2.24, 2.45) is 4.99 Å². The van der Waals surface area contributed by atoms with E-state index in [1.54, 1.807) is 11.8 Å². The van der Waals surface area contributed by atoms with Gasteiger partial charge < -0.3 is 15.5 Å². The first-order valence-corrected chi connectivity index (χ1v) is 6.88. The van der Waals surface area contributed by atoms with Gasteiger partial charge in [0.25, 0.3) is 0 Å². The van der Waals surface area contributed by atoms with Gasteiger partial charge in [-0.2, -0.15) is 0 Å². The first-order valence-electron chi connectivity index (χ1n) is 5.89. The Balaban J connectivity index is 2.00. The molecule has 1 aromatic heterocycles. The van der Waals surface area contributed by atoms with Crippen molar-refractivity contribution >= 4 is 39.7 Å². The molecular weight excluding hydrogens is 265 g/mol. The number of nitrogen functional groups attached to an aromatic ring is 1. The predicted octanol–water partition coefficient (Wildman–Crippen LogP) is 2.34. The van der Waals surface area contributed by atoms with Crippen LogP contribution in [0.3, 0.4) is 0 Å². The molecule has 98 valence electrons. The Morgan fingerprint density at radius 1 is 1.53 bits per heavy atom. The molecule has 1 aliphatic rings. The molecule has 1 unspecified atom stereocenters. The molecule has 0 fully saturated rings. The number of thioether (sulfide) groups is 1. The fourth-order valence-corrected chi connectivity index (χ4v) is 3.19. The number of halogens is 1. The molecule has 1 atom stereocenters. The van der Waals surface area contributed by atoms with Gasteiger partial charge in [-0.05, 0) is 18.2 Å². The van der Waals surface area contributed by atoms with Crippen molar-refractivity contribution in [2.45, 2.75) is 12.5 Å². The maximum absolute atomic E-state index is 13.3. The summed E-state index contributed by atoms with van der Waals surface area (Å²) in [7, 11) is 0. The second kappa shape index (κ2) is 4.70. The van der Waals surface area contributed by atoms with Crippen LogP contribution in [0, 0.1) is 5.82 Å². The van der Waals surface area contributed by atoms with E-state index < -0.39 is 0 Å². The predicted molar refractivity (Wildman–Crippen MR) is 76.1 cm³/mol. The number of carbonyl (C=O) groups excluding carboxylic acids is 1. The number of carbonyl (C=O) groups is 1. The molecular formula is C13H12FN3OS. The minimum absolute atomic E-state index is 0.0398. The Labute approximate surface area is 113 Å². The van der Waals surface area contributed by atoms with E-state index in [1.807, 2.05) is 6.07 Å². The Morgan fingerprint density at radius 2 is 2.37 bits per heavy atom. The summed E-state index contributed by atoms with van der Waals surface area (Å²) in [5.74, 6) is 0.447. The smallest absolute Gasteiger partial charge is 0.126 e. The second-order valence-electron chi connectivity index (χ2n) is 4.44. The quantitative estimate of drug-likeness (QED) is 0.668. The lowest BCUT2D eigenvalue weighted by molar-refractivity contribution is -0.108. The Hall–Kier alpha value is -1.82. The zero-order chi connectivity index (χ0) is 13.4. The number of nitrogens with one attached hydrogen (secondary N) is 1. The zero-order valence-electron chi connectivity index (χ0n) is 10.0. The molecule has 0 saturated carbocycles. The van der Waals surface area contributed by atoms with Gasteiger partial charge in [0.2, 0.25) is 0 Å². The highest BCUT2D eigenvalue weighted by molar-refractivity contribution is 8.14. The highest BCUT2D eigenvalue weighted by atomic mass is 32.2. The average molecular weight is 277 g/mol. The van der Waals surface area contributed by atoms with Crippen molar-refractivity contribution in [1.29, 1.82) is 0 Å². The maximum Gasteiger partial charge on any atom is 0.126 e. The number of fused-ring (bicyclic) bond motifs is 1. The third-order valence-corrected chi connectivity index (χ3v) is 4.18. The number of benzene rings is 1. The van der Waals surface area contributed by atoms with Crippen LogP contribution >= 0.6 is 11.8 Å². The van der Waals surface area contributed by atoms with Crippen molar-refractivity contribution in [1.82, 2.24) is 4.98 Å². The van der Waals surface area contributed by atoms with Crippen LogP contribution in [0.1, 0.15) is 12.1 Å². The number of aliphatic imine (C=N–C) groups is 1. The number of anilines is 1. The minimum atomic E-state index is -0.351. The second-order valence-corrected chi connectivity index (χ2v) is 5.45. The lowest BCUT2D eigenvalue weighted by Crippen LogP contribution is -2.03. The van der Waals surface area contributed by atoms with Gasteiger partial charge in [-0.3, -0.25) is 4.99 Å². The van der Waals surface area contributed by atoms with Gasteiger partial charge in [0.15, 0.2) is 0 Å². The summed E-state index contributed by atoms with van der Waals surface area (Å²) in [5.41, 5.74) is 7.71. The Kier molecular flexibility index (Phi) is 3.02. The first kappa shape index (κ1) is 12.2. The minimum Gasteiger partial charge on any atom is -0.397 e. The molecule has 2 heterocycles. The van der Waals surface area contributed by atoms with Gasteiger partial charge in [-0.15, -0.1) is 11.8 Å². The lowest BCUT2D eigenvalue weighted by Gasteiger charge is -1.96. The molecule has 19 heavy (non-hydrogen) atoms. The normalized spacial score (nSPS) is 18.8. The average Bonchev–Trinajstić information content (AvgIpc) is 2.95. The van der Waals surface area contributed by atoms with Crippen LogP contribution < -0.4 is 5.73 Å². The van der Waals surface area contributed by atoms with Crippen LogP contribution in [0.4, 0.5) is 10.1 Å². The van der Waals surface area contributed by atoms with Gasteiger partial charge in [0, 0.05) is 17.6 Å². The molecule has 4 nitrogen and oxygen atoms in total. The summed E-state index contributed by atoms with van der Waals surface area (Å²) in [4.78, 5) is 18.1. The molecule has 0 saturated heterocycles. The zero-order valence-corrected chi connectivity index (χ0v) is 10.8. The Morgan fingerprint density at radius 3 is 3.16 bits per heavy atom. The molecule has 0 aliphatic carbocycles. The number of nitrogens with zero attached hydrogens (tertiary/aromatic N) is 1. The first-order chi connectivity index (χ1) is 9.17. The standard InChI is InChI=1S/C13H12FN3OS/c14-8-3-7-4-11(17-12(7)10(15)5-8)13-16-9(1-2-18)6-19-13/h2-5,9,17H,1,6,15H2. The van der Waals surface area contributed by atoms with Crippen molar-refractivity contribution in [3.63, 3.8) is 0 Å². The van der Waals surface area contributed by atoms with Crippen LogP contribution in [0.25, 0.3) is 10.9 Å². The van der Waals surface area contributed by atoms with E-state index in [2.05, 4.69) is 9.98 Å². The summed E-state index contributed by atoms with van der Waals surface area (Å²) in [5, 5.41) is 1.58. The summed E-state index contributed by atoms with van der Waals surface area (Å²) in [6.07, 6.45) is 1.32. The van der Waals surface area contributed by atoms with Crippen LogP contribution in [-0.2, 0) is 4.79 Å². The number of aldehydes is 1. The van der Waals surface area contributed by atoms with E-state index in [9.17, 15) is 9.18 Å². The third-order valence-electron chi connectivity index (χ3n) is 3.03. The van der Waals surface area contributed by atoms with Crippen LogP contribution in [0.15, 0.2) is 23.2 Å². The molecule has 0 radical (unpaired) electrons. The molecule has 3 rings (SSSR count). The van der Waals surface area contributed by atoms with E-state index >= 15 is 0 Å². The van der Waals surface area contributed by atoms with Crippen molar-refractivity contribution in [2.75, 3.05) is 11.5 Å². The summed E-state index contributed by atoms with van der Waals surface area (Å²) in [6, 6.07) is 4.61. The monoisotopic (exact) mass is 277 g/mol. The number of aromatic nitrogens is 1. The highest BCUT2D eigenvalue weighted by Crippen LogP contribution is 2.29. The van der Waals surface area contributed by atoms with E-state index in [4.69, 9.17) is 5.73 Å². The molecule has 2 aromatic rings. The molecule has 0 spiro atoms. The third kappa shape index (κ3) is 2.23. The number of hydrogen-bond donors (Lipinski definition) is 2. The van der Waals surface area contributed by atoms with Crippen LogP contribution in [-0.4, -0.2) is 28.1 Å². The van der Waals surface area contributed by atoms with Crippen molar-refractivity contribution in [3.05, 3.63) is 29.7 Å². The van der Waals surface area contributed by atoms with Crippen LogP contribution in [0.5, 0.6) is 0 Å². The van der Waals surface area contributed by atoms with E-state index in [0.717, 1.165) is 33.7 Å². The highest BCUT2D eigenvalue weighted by Gasteiger charge is 2.20. The van der Waals surface area contributed by atoms with Gasteiger partial charge in [-0.25, -0.2) is 4.39 Å². The van der Waals surface area contributed by atoms with Gasteiger partial charge in [-0.1, -0.05) is 0 Å². The maximum atomic E-state index is 13.3. The number of hydrogen-bond acceptors (Lipinski definition) is 4. The summed E-state index contributed by atoms with van der Waals surface area (Å²) in [6.45, 7) is 0. The molecule has 3 N–H and O–H groups in total. The van der Waals surface area contributed by atoms with Crippen molar-refractivity contribution in [3.8, 4) is 0 Å². The fourth-order valence-electron chi connectivity index (χ4n) is 2.14. The molecule has 6 heteroatoms. The Bertz CT molecular complexity index is 680. The topological polar surface area (TPSA) is 71.2 Å². The lowest BCUT2D eigenvalue weighted by atomic mass is 10.2. The summed E-state index contributed by atoms with van der Waals surface area (Å²) < 4.78 is 13.3. The number of rotatable bonds is 3. The van der Waals surface area contributed by atoms with Crippen molar-refractivity contribution < 1.29 is 9.18 Å². The number of aromatic amines is 1. The number of H-pyrrole nitrogens is 1. The number of nitrogens with two attached hydrogens (primary N) is 1. The summed E-state index contributed by atoms with van der Waals surface area (Å²) >= 11 is 1.59. The van der Waals surface area contributed by atoms with E-state index in [1.165, 1.54) is 12.1 Å². The molecule has 0 bridgehead atoms.